The SMILES string of the molecule is COc1ccc(CCNc2ccnc(N3CCCC3)n2)cc1. The van der Waals surface area contributed by atoms with Crippen molar-refractivity contribution >= 4 is 11.8 Å². The summed E-state index contributed by atoms with van der Waals surface area (Å²) in [6, 6.07) is 10.1. The Bertz CT molecular complexity index is 594. The van der Waals surface area contributed by atoms with E-state index in [-0.39, 0.29) is 0 Å². The molecule has 3 rings (SSSR count). The van der Waals surface area contributed by atoms with Gasteiger partial charge in [-0.2, -0.15) is 4.98 Å². The minimum absolute atomic E-state index is 0.840. The lowest BCUT2D eigenvalue weighted by molar-refractivity contribution is 0.414. The predicted molar refractivity (Wildman–Crippen MR) is 88.7 cm³/mol. The van der Waals surface area contributed by atoms with Crippen LogP contribution in [-0.2, 0) is 6.42 Å². The molecule has 5 nitrogen and oxygen atoms in total. The third-order valence-electron chi connectivity index (χ3n) is 3.91. The van der Waals surface area contributed by atoms with Crippen LogP contribution in [0.15, 0.2) is 36.5 Å². The highest BCUT2D eigenvalue weighted by molar-refractivity contribution is 5.42. The van der Waals surface area contributed by atoms with Crippen molar-refractivity contribution in [2.75, 3.05) is 37.0 Å². The van der Waals surface area contributed by atoms with Gasteiger partial charge in [0.05, 0.1) is 7.11 Å². The molecule has 1 fully saturated rings. The molecule has 1 aromatic heterocycles. The Morgan fingerprint density at radius 3 is 2.64 bits per heavy atom. The highest BCUT2D eigenvalue weighted by atomic mass is 16.5. The molecule has 1 saturated heterocycles. The zero-order valence-corrected chi connectivity index (χ0v) is 13.0. The second-order valence-electron chi connectivity index (χ2n) is 5.46. The summed E-state index contributed by atoms with van der Waals surface area (Å²) in [5.74, 6) is 2.63. The van der Waals surface area contributed by atoms with Crippen LogP contribution in [-0.4, -0.2) is 36.7 Å². The first kappa shape index (κ1) is 14.6. The summed E-state index contributed by atoms with van der Waals surface area (Å²) >= 11 is 0. The summed E-state index contributed by atoms with van der Waals surface area (Å²) in [7, 11) is 1.68. The number of aromatic nitrogens is 2. The van der Waals surface area contributed by atoms with E-state index in [0.717, 1.165) is 43.6 Å². The van der Waals surface area contributed by atoms with Crippen molar-refractivity contribution in [1.29, 1.82) is 0 Å². The maximum absolute atomic E-state index is 5.17. The van der Waals surface area contributed by atoms with Gasteiger partial charge in [-0.3, -0.25) is 0 Å². The van der Waals surface area contributed by atoms with Crippen LogP contribution in [0.2, 0.25) is 0 Å². The van der Waals surface area contributed by atoms with Crippen LogP contribution < -0.4 is 15.0 Å². The number of benzene rings is 1. The fourth-order valence-corrected chi connectivity index (χ4v) is 2.64. The Kier molecular flexibility index (Phi) is 4.73. The molecule has 1 aromatic carbocycles. The van der Waals surface area contributed by atoms with Gasteiger partial charge in [0.2, 0.25) is 5.95 Å². The van der Waals surface area contributed by atoms with E-state index < -0.39 is 0 Å². The highest BCUT2D eigenvalue weighted by Gasteiger charge is 2.14. The lowest BCUT2D eigenvalue weighted by atomic mass is 10.1. The standard InChI is InChI=1S/C17H22N4O/c1-22-15-6-4-14(5-7-15)8-10-18-16-9-11-19-17(20-16)21-12-2-3-13-21/h4-7,9,11H,2-3,8,10,12-13H2,1H3,(H,18,19,20). The predicted octanol–water partition coefficient (Wildman–Crippen LogP) is 2.74. The summed E-state index contributed by atoms with van der Waals surface area (Å²) in [5, 5.41) is 3.38. The van der Waals surface area contributed by atoms with Crippen LogP contribution >= 0.6 is 0 Å². The summed E-state index contributed by atoms with van der Waals surface area (Å²) in [5.41, 5.74) is 1.28. The van der Waals surface area contributed by atoms with Crippen molar-refractivity contribution in [2.45, 2.75) is 19.3 Å². The number of anilines is 2. The van der Waals surface area contributed by atoms with Crippen molar-refractivity contribution < 1.29 is 4.74 Å². The average molecular weight is 298 g/mol. The van der Waals surface area contributed by atoms with Gasteiger partial charge in [0, 0.05) is 25.8 Å². The first-order chi connectivity index (χ1) is 10.8. The molecule has 5 heteroatoms. The Morgan fingerprint density at radius 2 is 1.91 bits per heavy atom. The number of nitrogens with one attached hydrogen (secondary N) is 1. The first-order valence-corrected chi connectivity index (χ1v) is 7.80. The molecule has 1 aliphatic rings. The van der Waals surface area contributed by atoms with Crippen LogP contribution in [0, 0.1) is 0 Å². The third kappa shape index (κ3) is 3.67. The molecule has 1 N–H and O–H groups in total. The largest absolute Gasteiger partial charge is 0.497 e. The van der Waals surface area contributed by atoms with Gasteiger partial charge in [0.25, 0.3) is 0 Å². The van der Waals surface area contributed by atoms with E-state index in [1.807, 2.05) is 24.4 Å². The summed E-state index contributed by atoms with van der Waals surface area (Å²) in [6.45, 7) is 2.98. The molecule has 116 valence electrons. The van der Waals surface area contributed by atoms with Gasteiger partial charge < -0.3 is 15.0 Å². The van der Waals surface area contributed by atoms with Gasteiger partial charge in [0.15, 0.2) is 0 Å². The van der Waals surface area contributed by atoms with E-state index in [0.29, 0.717) is 0 Å². The van der Waals surface area contributed by atoms with E-state index in [9.17, 15) is 0 Å². The van der Waals surface area contributed by atoms with Crippen molar-refractivity contribution in [3.05, 3.63) is 42.1 Å². The Hall–Kier alpha value is -2.30. The van der Waals surface area contributed by atoms with Gasteiger partial charge >= 0.3 is 0 Å². The molecule has 0 unspecified atom stereocenters. The first-order valence-electron chi connectivity index (χ1n) is 7.80. The van der Waals surface area contributed by atoms with E-state index in [2.05, 4.69) is 32.3 Å². The normalized spacial score (nSPS) is 14.1. The smallest absolute Gasteiger partial charge is 0.227 e. The highest BCUT2D eigenvalue weighted by Crippen LogP contribution is 2.17. The summed E-state index contributed by atoms with van der Waals surface area (Å²) in [6.07, 6.45) is 5.25. The Morgan fingerprint density at radius 1 is 1.14 bits per heavy atom. The fraction of sp³-hybridized carbons (Fsp3) is 0.412. The number of hydrogen-bond acceptors (Lipinski definition) is 5. The Balaban J connectivity index is 1.53. The van der Waals surface area contributed by atoms with Gasteiger partial charge in [-0.1, -0.05) is 12.1 Å². The minimum Gasteiger partial charge on any atom is -0.497 e. The van der Waals surface area contributed by atoms with Crippen molar-refractivity contribution in [3.63, 3.8) is 0 Å². The van der Waals surface area contributed by atoms with E-state index in [4.69, 9.17) is 4.74 Å². The van der Waals surface area contributed by atoms with Crippen LogP contribution in [0.3, 0.4) is 0 Å². The molecule has 0 saturated carbocycles. The monoisotopic (exact) mass is 298 g/mol. The topological polar surface area (TPSA) is 50.3 Å². The van der Waals surface area contributed by atoms with Crippen molar-refractivity contribution in [1.82, 2.24) is 9.97 Å². The molecule has 0 amide bonds. The molecular weight excluding hydrogens is 276 g/mol. The summed E-state index contributed by atoms with van der Waals surface area (Å²) in [4.78, 5) is 11.2. The van der Waals surface area contributed by atoms with Crippen LogP contribution in [0.25, 0.3) is 0 Å². The summed E-state index contributed by atoms with van der Waals surface area (Å²) < 4.78 is 5.17. The molecule has 0 bridgehead atoms. The molecule has 2 aromatic rings. The molecule has 1 aliphatic heterocycles. The molecule has 2 heterocycles. The van der Waals surface area contributed by atoms with E-state index >= 15 is 0 Å². The second kappa shape index (κ2) is 7.11. The maximum atomic E-state index is 5.17. The second-order valence-corrected chi connectivity index (χ2v) is 5.46. The number of rotatable bonds is 6. The number of nitrogens with zero attached hydrogens (tertiary/aromatic N) is 3. The van der Waals surface area contributed by atoms with Gasteiger partial charge in [-0.15, -0.1) is 0 Å². The molecular formula is C17H22N4O. The fourth-order valence-electron chi connectivity index (χ4n) is 2.64. The zero-order valence-electron chi connectivity index (χ0n) is 13.0. The van der Waals surface area contributed by atoms with Crippen LogP contribution in [0.5, 0.6) is 5.75 Å². The van der Waals surface area contributed by atoms with Gasteiger partial charge in [0.1, 0.15) is 11.6 Å². The third-order valence-corrected chi connectivity index (χ3v) is 3.91. The zero-order chi connectivity index (χ0) is 15.2. The lowest BCUT2D eigenvalue weighted by Gasteiger charge is -2.15. The number of methoxy groups -OCH3 is 1. The average Bonchev–Trinajstić information content (AvgIpc) is 3.10. The number of hydrogen-bond donors (Lipinski definition) is 1. The molecule has 0 atom stereocenters. The minimum atomic E-state index is 0.840. The van der Waals surface area contributed by atoms with Crippen molar-refractivity contribution in [3.8, 4) is 5.75 Å². The van der Waals surface area contributed by atoms with Gasteiger partial charge in [-0.05, 0) is 43.0 Å². The van der Waals surface area contributed by atoms with E-state index in [1.165, 1.54) is 18.4 Å². The maximum Gasteiger partial charge on any atom is 0.227 e. The van der Waals surface area contributed by atoms with Crippen LogP contribution in [0.1, 0.15) is 18.4 Å². The Labute approximate surface area is 131 Å². The molecule has 0 spiro atoms. The molecule has 0 radical (unpaired) electrons. The quantitative estimate of drug-likeness (QED) is 0.888. The van der Waals surface area contributed by atoms with Crippen molar-refractivity contribution in [2.24, 2.45) is 0 Å². The molecule has 22 heavy (non-hydrogen) atoms. The number of ether oxygens (including phenoxy) is 1. The van der Waals surface area contributed by atoms with Crippen LogP contribution in [0.4, 0.5) is 11.8 Å². The molecule has 0 aliphatic carbocycles. The van der Waals surface area contributed by atoms with Gasteiger partial charge in [-0.25, -0.2) is 4.98 Å². The van der Waals surface area contributed by atoms with E-state index in [1.54, 1.807) is 7.11 Å². The lowest BCUT2D eigenvalue weighted by Crippen LogP contribution is -2.20.